The fraction of sp³-hybridized carbons (Fsp3) is 0.444. The number of nitrogens with zero attached hydrogens (tertiary/aromatic N) is 1. The van der Waals surface area contributed by atoms with E-state index in [9.17, 15) is 22.0 Å². The molecule has 7 heteroatoms. The second-order valence-electron chi connectivity index (χ2n) is 3.01. The Hall–Kier alpha value is -1.40. The van der Waals surface area contributed by atoms with E-state index in [-0.39, 0.29) is 5.69 Å². The maximum atomic E-state index is 12.5. The SMILES string of the molecule is COc1c(C(F)(F)F)cc(C(F)F)nc1C. The molecular weight excluding hydrogens is 233 g/mol. The monoisotopic (exact) mass is 241 g/mol. The van der Waals surface area contributed by atoms with Crippen LogP contribution in [0.1, 0.15) is 23.4 Å². The fourth-order valence-corrected chi connectivity index (χ4v) is 1.27. The number of alkyl halides is 5. The summed E-state index contributed by atoms with van der Waals surface area (Å²) in [6, 6.07) is 0.302. The third-order valence-electron chi connectivity index (χ3n) is 1.90. The van der Waals surface area contributed by atoms with Crippen molar-refractivity contribution in [1.29, 1.82) is 0 Å². The molecule has 0 unspecified atom stereocenters. The van der Waals surface area contributed by atoms with Crippen LogP contribution in [0.3, 0.4) is 0 Å². The summed E-state index contributed by atoms with van der Waals surface area (Å²) in [5.74, 6) is -0.531. The van der Waals surface area contributed by atoms with Crippen LogP contribution in [-0.4, -0.2) is 12.1 Å². The van der Waals surface area contributed by atoms with E-state index in [1.54, 1.807) is 0 Å². The Balaban J connectivity index is 3.43. The van der Waals surface area contributed by atoms with Crippen LogP contribution in [0.25, 0.3) is 0 Å². The molecule has 0 bridgehead atoms. The van der Waals surface area contributed by atoms with Gasteiger partial charge in [-0.1, -0.05) is 0 Å². The lowest BCUT2D eigenvalue weighted by Crippen LogP contribution is -2.11. The van der Waals surface area contributed by atoms with Crippen LogP contribution < -0.4 is 4.74 Å². The van der Waals surface area contributed by atoms with Gasteiger partial charge in [0.15, 0.2) is 5.75 Å². The summed E-state index contributed by atoms with van der Waals surface area (Å²) in [6.07, 6.45) is -7.80. The second-order valence-corrected chi connectivity index (χ2v) is 3.01. The van der Waals surface area contributed by atoms with Gasteiger partial charge in [-0.15, -0.1) is 0 Å². The number of hydrogen-bond acceptors (Lipinski definition) is 2. The van der Waals surface area contributed by atoms with Gasteiger partial charge in [-0.25, -0.2) is 13.8 Å². The number of hydrogen-bond donors (Lipinski definition) is 0. The topological polar surface area (TPSA) is 22.1 Å². The molecule has 0 saturated heterocycles. The molecule has 0 saturated carbocycles. The van der Waals surface area contributed by atoms with Crippen LogP contribution in [0.5, 0.6) is 5.75 Å². The van der Waals surface area contributed by atoms with Crippen LogP contribution in [0.15, 0.2) is 6.07 Å². The highest BCUT2D eigenvalue weighted by molar-refractivity contribution is 5.40. The van der Waals surface area contributed by atoms with E-state index in [1.807, 2.05) is 0 Å². The Morgan fingerprint density at radius 1 is 1.31 bits per heavy atom. The van der Waals surface area contributed by atoms with E-state index in [0.717, 1.165) is 7.11 Å². The maximum absolute atomic E-state index is 12.5. The van der Waals surface area contributed by atoms with Gasteiger partial charge in [-0.2, -0.15) is 13.2 Å². The van der Waals surface area contributed by atoms with Crippen LogP contribution in [0, 0.1) is 6.92 Å². The van der Waals surface area contributed by atoms with E-state index < -0.39 is 29.6 Å². The van der Waals surface area contributed by atoms with Gasteiger partial charge in [0.1, 0.15) is 11.3 Å². The van der Waals surface area contributed by atoms with Crippen molar-refractivity contribution in [3.8, 4) is 5.75 Å². The van der Waals surface area contributed by atoms with Gasteiger partial charge in [-0.3, -0.25) is 0 Å². The molecular formula is C9H8F5NO. The van der Waals surface area contributed by atoms with E-state index in [2.05, 4.69) is 9.72 Å². The molecule has 0 spiro atoms. The molecule has 90 valence electrons. The molecule has 0 aliphatic rings. The minimum absolute atomic E-state index is 0.215. The molecule has 0 atom stereocenters. The standard InChI is InChI=1S/C9H8F5NO/c1-4-7(16-2)5(9(12,13)14)3-6(15-4)8(10)11/h3,8H,1-2H3. The highest BCUT2D eigenvalue weighted by atomic mass is 19.4. The predicted molar refractivity (Wildman–Crippen MR) is 45.5 cm³/mol. The first-order valence-electron chi connectivity index (χ1n) is 4.18. The molecule has 0 aliphatic carbocycles. The Labute approximate surface area is 88.1 Å². The predicted octanol–water partition coefficient (Wildman–Crippen LogP) is 3.36. The number of rotatable bonds is 2. The molecule has 2 nitrogen and oxygen atoms in total. The van der Waals surface area contributed by atoms with Crippen LogP contribution in [0.2, 0.25) is 0 Å². The second kappa shape index (κ2) is 4.23. The van der Waals surface area contributed by atoms with Gasteiger partial charge in [0.25, 0.3) is 6.43 Å². The Morgan fingerprint density at radius 2 is 1.88 bits per heavy atom. The van der Waals surface area contributed by atoms with E-state index in [0.29, 0.717) is 6.07 Å². The van der Waals surface area contributed by atoms with Crippen molar-refractivity contribution in [2.75, 3.05) is 7.11 Å². The third-order valence-corrected chi connectivity index (χ3v) is 1.90. The number of pyridine rings is 1. The molecule has 0 aromatic carbocycles. The van der Waals surface area contributed by atoms with Crippen molar-refractivity contribution in [3.63, 3.8) is 0 Å². The fourth-order valence-electron chi connectivity index (χ4n) is 1.27. The lowest BCUT2D eigenvalue weighted by molar-refractivity contribution is -0.139. The largest absolute Gasteiger partial charge is 0.494 e. The highest BCUT2D eigenvalue weighted by Crippen LogP contribution is 2.39. The third kappa shape index (κ3) is 2.40. The Kier molecular flexibility index (Phi) is 3.35. The smallest absolute Gasteiger partial charge is 0.420 e. The Bertz CT molecular complexity index is 388. The normalized spacial score (nSPS) is 12.0. The van der Waals surface area contributed by atoms with Crippen molar-refractivity contribution in [3.05, 3.63) is 23.0 Å². The quantitative estimate of drug-likeness (QED) is 0.740. The van der Waals surface area contributed by atoms with Crippen LogP contribution in [-0.2, 0) is 6.18 Å². The molecule has 0 amide bonds. The zero-order valence-corrected chi connectivity index (χ0v) is 8.40. The first kappa shape index (κ1) is 12.7. The zero-order chi connectivity index (χ0) is 12.5. The van der Waals surface area contributed by atoms with E-state index in [1.165, 1.54) is 6.92 Å². The van der Waals surface area contributed by atoms with Crippen molar-refractivity contribution in [1.82, 2.24) is 4.98 Å². The van der Waals surface area contributed by atoms with Crippen LogP contribution in [0.4, 0.5) is 22.0 Å². The number of aromatic nitrogens is 1. The van der Waals surface area contributed by atoms with Gasteiger partial charge in [-0.05, 0) is 13.0 Å². The Morgan fingerprint density at radius 3 is 2.25 bits per heavy atom. The zero-order valence-electron chi connectivity index (χ0n) is 8.40. The van der Waals surface area contributed by atoms with Gasteiger partial charge in [0, 0.05) is 0 Å². The van der Waals surface area contributed by atoms with Crippen molar-refractivity contribution in [2.24, 2.45) is 0 Å². The van der Waals surface area contributed by atoms with Crippen molar-refractivity contribution < 1.29 is 26.7 Å². The number of methoxy groups -OCH3 is 1. The molecule has 0 fully saturated rings. The maximum Gasteiger partial charge on any atom is 0.420 e. The summed E-state index contributed by atoms with van der Waals surface area (Å²) in [4.78, 5) is 3.34. The molecule has 1 aromatic rings. The average molecular weight is 241 g/mol. The first-order valence-corrected chi connectivity index (χ1v) is 4.18. The molecule has 0 N–H and O–H groups in total. The first-order chi connectivity index (χ1) is 7.27. The molecule has 0 radical (unpaired) electrons. The lowest BCUT2D eigenvalue weighted by Gasteiger charge is -2.14. The van der Waals surface area contributed by atoms with E-state index in [4.69, 9.17) is 0 Å². The van der Waals surface area contributed by atoms with Crippen LogP contribution >= 0.6 is 0 Å². The summed E-state index contributed by atoms with van der Waals surface area (Å²) in [5.41, 5.74) is -2.36. The average Bonchev–Trinajstić information content (AvgIpc) is 2.14. The number of halogens is 5. The minimum atomic E-state index is -4.75. The van der Waals surface area contributed by atoms with Gasteiger partial charge in [0.05, 0.1) is 12.8 Å². The summed E-state index contributed by atoms with van der Waals surface area (Å²) in [5, 5.41) is 0. The molecule has 1 rings (SSSR count). The number of aryl methyl sites for hydroxylation is 1. The van der Waals surface area contributed by atoms with Crippen molar-refractivity contribution >= 4 is 0 Å². The molecule has 1 aromatic heterocycles. The highest BCUT2D eigenvalue weighted by Gasteiger charge is 2.36. The summed E-state index contributed by atoms with van der Waals surface area (Å²) >= 11 is 0. The van der Waals surface area contributed by atoms with E-state index >= 15 is 0 Å². The van der Waals surface area contributed by atoms with Gasteiger partial charge < -0.3 is 4.74 Å². The molecule has 1 heterocycles. The van der Waals surface area contributed by atoms with Crippen molar-refractivity contribution in [2.45, 2.75) is 19.5 Å². The number of ether oxygens (including phenoxy) is 1. The summed E-state index contributed by atoms with van der Waals surface area (Å²) < 4.78 is 66.6. The lowest BCUT2D eigenvalue weighted by atomic mass is 10.1. The molecule has 16 heavy (non-hydrogen) atoms. The van der Waals surface area contributed by atoms with Gasteiger partial charge >= 0.3 is 6.18 Å². The van der Waals surface area contributed by atoms with Gasteiger partial charge in [0.2, 0.25) is 0 Å². The minimum Gasteiger partial charge on any atom is -0.494 e. The summed E-state index contributed by atoms with van der Waals surface area (Å²) in [7, 11) is 1.03. The summed E-state index contributed by atoms with van der Waals surface area (Å²) in [6.45, 7) is 1.18. The molecule has 0 aliphatic heterocycles.